The third kappa shape index (κ3) is 4.92. The smallest absolute Gasteiger partial charge is 0.338 e. The first-order chi connectivity index (χ1) is 15.0. The topological polar surface area (TPSA) is 66.8 Å². The van der Waals surface area contributed by atoms with Gasteiger partial charge in [0.1, 0.15) is 0 Å². The third-order valence-electron chi connectivity index (χ3n) is 7.38. The average Bonchev–Trinajstić information content (AvgIpc) is 2.77. The van der Waals surface area contributed by atoms with Crippen molar-refractivity contribution in [2.45, 2.75) is 47.5 Å². The van der Waals surface area contributed by atoms with Crippen LogP contribution in [-0.2, 0) is 4.74 Å². The van der Waals surface area contributed by atoms with Crippen LogP contribution in [0.3, 0.4) is 0 Å². The molecular weight excluding hydrogens is 400 g/mol. The van der Waals surface area contributed by atoms with E-state index in [1.807, 2.05) is 12.1 Å². The van der Waals surface area contributed by atoms with Gasteiger partial charge in [-0.2, -0.15) is 0 Å². The van der Waals surface area contributed by atoms with Crippen LogP contribution in [-0.4, -0.2) is 36.0 Å². The van der Waals surface area contributed by atoms with E-state index in [1.54, 1.807) is 23.3 Å². The minimum atomic E-state index is -0.451. The fourth-order valence-corrected chi connectivity index (χ4v) is 4.99. The molecule has 0 spiro atoms. The molecule has 2 unspecified atom stereocenters. The molecule has 4 heteroatoms. The van der Waals surface area contributed by atoms with Gasteiger partial charge in [-0.05, 0) is 47.9 Å². The van der Waals surface area contributed by atoms with Crippen molar-refractivity contribution in [3.8, 4) is 0 Å². The lowest BCUT2D eigenvalue weighted by Crippen LogP contribution is -2.34. The van der Waals surface area contributed by atoms with Crippen molar-refractivity contribution < 1.29 is 19.7 Å². The second kappa shape index (κ2) is 9.36. The summed E-state index contributed by atoms with van der Waals surface area (Å²) in [5.74, 6) is -0.0360. The summed E-state index contributed by atoms with van der Waals surface area (Å²) in [7, 11) is 0. The summed E-state index contributed by atoms with van der Waals surface area (Å²) in [5, 5.41) is 18.2. The molecule has 32 heavy (non-hydrogen) atoms. The van der Waals surface area contributed by atoms with Crippen LogP contribution in [0.5, 0.6) is 0 Å². The van der Waals surface area contributed by atoms with Crippen LogP contribution < -0.4 is 0 Å². The van der Waals surface area contributed by atoms with Crippen LogP contribution in [0.2, 0.25) is 0 Å². The fraction of sp³-hybridized carbons (Fsp3) is 0.536. The van der Waals surface area contributed by atoms with Crippen LogP contribution in [0, 0.1) is 28.6 Å². The molecule has 0 radical (unpaired) electrons. The van der Waals surface area contributed by atoms with E-state index >= 15 is 0 Å². The lowest BCUT2D eigenvalue weighted by Gasteiger charge is -2.46. The van der Waals surface area contributed by atoms with Crippen molar-refractivity contribution in [3.05, 3.63) is 65.3 Å². The van der Waals surface area contributed by atoms with E-state index in [0.717, 1.165) is 24.0 Å². The van der Waals surface area contributed by atoms with E-state index in [4.69, 9.17) is 14.9 Å². The summed E-state index contributed by atoms with van der Waals surface area (Å²) < 4.78 is 5.21. The Morgan fingerprint density at radius 2 is 1.50 bits per heavy atom. The summed E-state index contributed by atoms with van der Waals surface area (Å²) in [6, 6.07) is 7.43. The first-order valence-corrected chi connectivity index (χ1v) is 11.6. The molecule has 3 rings (SSSR count). The number of rotatable bonds is 7. The Kier molecular flexibility index (Phi) is 7.16. The molecule has 1 aromatic carbocycles. The molecule has 0 bridgehead atoms. The predicted molar refractivity (Wildman–Crippen MR) is 129 cm³/mol. The number of hydrogen-bond acceptors (Lipinski definition) is 4. The summed E-state index contributed by atoms with van der Waals surface area (Å²) >= 11 is 0. The molecule has 0 saturated heterocycles. The van der Waals surface area contributed by atoms with Crippen LogP contribution in [0.4, 0.5) is 0 Å². The van der Waals surface area contributed by atoms with E-state index in [2.05, 4.69) is 53.3 Å². The molecule has 0 aromatic heterocycles. The summed E-state index contributed by atoms with van der Waals surface area (Å²) in [5.41, 5.74) is 5.94. The number of ether oxygens (including phenoxy) is 1. The van der Waals surface area contributed by atoms with Crippen LogP contribution >= 0.6 is 0 Å². The molecule has 2 aliphatic rings. The normalized spacial score (nSPS) is 23.8. The highest BCUT2D eigenvalue weighted by atomic mass is 16.5. The number of benzene rings is 1. The number of aliphatic hydroxyl groups is 2. The van der Waals surface area contributed by atoms with Crippen molar-refractivity contribution >= 4 is 11.5 Å². The highest BCUT2D eigenvalue weighted by molar-refractivity contribution is 5.89. The van der Waals surface area contributed by atoms with E-state index in [-0.39, 0.29) is 30.7 Å². The number of aliphatic hydroxyl groups excluding tert-OH is 2. The van der Waals surface area contributed by atoms with Crippen molar-refractivity contribution in [3.63, 3.8) is 0 Å². The maximum absolute atomic E-state index is 12.3. The Bertz CT molecular complexity index is 913. The molecule has 0 fully saturated rings. The van der Waals surface area contributed by atoms with Gasteiger partial charge in [0, 0.05) is 16.7 Å². The van der Waals surface area contributed by atoms with Crippen molar-refractivity contribution in [2.24, 2.45) is 28.6 Å². The van der Waals surface area contributed by atoms with Crippen molar-refractivity contribution in [1.29, 1.82) is 0 Å². The predicted octanol–water partition coefficient (Wildman–Crippen LogP) is 5.42. The summed E-state index contributed by atoms with van der Waals surface area (Å²) in [6.07, 6.45) is 6.83. The van der Waals surface area contributed by atoms with Crippen LogP contribution in [0.25, 0.3) is 5.57 Å². The molecule has 4 nitrogen and oxygen atoms in total. The molecule has 1 aromatic rings. The monoisotopic (exact) mass is 438 g/mol. The van der Waals surface area contributed by atoms with E-state index in [1.165, 1.54) is 0 Å². The van der Waals surface area contributed by atoms with E-state index in [9.17, 15) is 4.79 Å². The standard InChI is InChI=1S/C28H38O4/c1-18-13-24-25(28(5,6)12-11-27(24,3)4)14-23(18)19(2)21-7-9-22(10-8-21)26(31)32-17-20(15-29)16-30/h7-12,18,20,23,29-30H,2,13-17H2,1,3-6H3. The highest BCUT2D eigenvalue weighted by Crippen LogP contribution is 2.54. The molecule has 0 saturated carbocycles. The van der Waals surface area contributed by atoms with Crippen molar-refractivity contribution in [2.75, 3.05) is 19.8 Å². The number of carbonyl (C=O) groups is 1. The first kappa shape index (κ1) is 24.5. The van der Waals surface area contributed by atoms with Gasteiger partial charge in [-0.15, -0.1) is 0 Å². The van der Waals surface area contributed by atoms with Gasteiger partial charge in [0.2, 0.25) is 0 Å². The Balaban J connectivity index is 1.74. The zero-order valence-corrected chi connectivity index (χ0v) is 20.1. The lowest BCUT2D eigenvalue weighted by molar-refractivity contribution is 0.0304. The number of hydrogen-bond donors (Lipinski definition) is 2. The second-order valence-corrected chi connectivity index (χ2v) is 10.7. The van der Waals surface area contributed by atoms with Crippen LogP contribution in [0.15, 0.2) is 54.1 Å². The Labute approximate surface area is 192 Å². The Morgan fingerprint density at radius 3 is 2.03 bits per heavy atom. The maximum Gasteiger partial charge on any atom is 0.338 e. The minimum absolute atomic E-state index is 0.00208. The zero-order valence-electron chi connectivity index (χ0n) is 20.1. The second-order valence-electron chi connectivity index (χ2n) is 10.7. The SMILES string of the molecule is C=C(c1ccc(C(=O)OCC(CO)CO)cc1)C1CC2=C(CC1C)C(C)(C)C=CC2(C)C. The quantitative estimate of drug-likeness (QED) is 0.440. The molecule has 2 aliphatic carbocycles. The molecule has 174 valence electrons. The van der Waals surface area contributed by atoms with Gasteiger partial charge in [-0.25, -0.2) is 4.79 Å². The Morgan fingerprint density at radius 1 is 1.00 bits per heavy atom. The van der Waals surface area contributed by atoms with Gasteiger partial charge in [0.05, 0.1) is 25.4 Å². The fourth-order valence-electron chi connectivity index (χ4n) is 4.99. The molecule has 2 N–H and O–H groups in total. The molecule has 0 aliphatic heterocycles. The van der Waals surface area contributed by atoms with Gasteiger partial charge in [0.25, 0.3) is 0 Å². The summed E-state index contributed by atoms with van der Waals surface area (Å²) in [4.78, 5) is 12.3. The first-order valence-electron chi connectivity index (χ1n) is 11.6. The minimum Gasteiger partial charge on any atom is -0.462 e. The highest BCUT2D eigenvalue weighted by Gasteiger charge is 2.41. The molecule has 0 heterocycles. The van der Waals surface area contributed by atoms with Gasteiger partial charge in [-0.1, -0.05) is 76.6 Å². The zero-order chi connectivity index (χ0) is 23.7. The van der Waals surface area contributed by atoms with Crippen LogP contribution in [0.1, 0.15) is 63.4 Å². The molecule has 0 amide bonds. The van der Waals surface area contributed by atoms with Gasteiger partial charge in [0.15, 0.2) is 0 Å². The average molecular weight is 439 g/mol. The van der Waals surface area contributed by atoms with Gasteiger partial charge in [-0.3, -0.25) is 0 Å². The van der Waals surface area contributed by atoms with Crippen molar-refractivity contribution in [1.82, 2.24) is 0 Å². The molecule has 2 atom stereocenters. The van der Waals surface area contributed by atoms with Gasteiger partial charge < -0.3 is 14.9 Å². The summed E-state index contributed by atoms with van der Waals surface area (Å²) in [6.45, 7) is 15.6. The largest absolute Gasteiger partial charge is 0.462 e. The van der Waals surface area contributed by atoms with E-state index < -0.39 is 11.9 Å². The van der Waals surface area contributed by atoms with Gasteiger partial charge >= 0.3 is 5.97 Å². The number of allylic oxidation sites excluding steroid dienone is 5. The lowest BCUT2D eigenvalue weighted by atomic mass is 9.58. The maximum atomic E-state index is 12.3. The molecular formula is C28H38O4. The number of esters is 1. The number of carbonyl (C=O) groups excluding carboxylic acids is 1. The van der Waals surface area contributed by atoms with E-state index in [0.29, 0.717) is 17.4 Å². The third-order valence-corrected chi connectivity index (χ3v) is 7.38. The Hall–Kier alpha value is -2.17.